The maximum Gasteiger partial charge on any atom is 0.262 e. The fourth-order valence-corrected chi connectivity index (χ4v) is 1.65. The molecule has 0 bridgehead atoms. The summed E-state index contributed by atoms with van der Waals surface area (Å²) in [6, 6.07) is 6.42. The summed E-state index contributed by atoms with van der Waals surface area (Å²) in [6.45, 7) is 1.88. The van der Waals surface area contributed by atoms with Crippen LogP contribution < -0.4 is 4.72 Å². The molecule has 0 heterocycles. The SMILES string of the molecule is Cc1ccc(S(=O)(=O)NC=N)cc1. The molecule has 2 N–H and O–H groups in total. The summed E-state index contributed by atoms with van der Waals surface area (Å²) >= 11 is 0. The molecule has 0 amide bonds. The van der Waals surface area contributed by atoms with Gasteiger partial charge in [-0.2, -0.15) is 0 Å². The average molecular weight is 198 g/mol. The molecular weight excluding hydrogens is 188 g/mol. The molecule has 0 aliphatic rings. The summed E-state index contributed by atoms with van der Waals surface area (Å²) in [4.78, 5) is 0.168. The van der Waals surface area contributed by atoms with Gasteiger partial charge in [-0.05, 0) is 19.1 Å². The first-order valence-electron chi connectivity index (χ1n) is 3.64. The Kier molecular flexibility index (Phi) is 2.67. The quantitative estimate of drug-likeness (QED) is 0.559. The highest BCUT2D eigenvalue weighted by molar-refractivity contribution is 7.90. The van der Waals surface area contributed by atoms with Crippen LogP contribution in [-0.4, -0.2) is 14.8 Å². The molecule has 0 spiro atoms. The van der Waals surface area contributed by atoms with Gasteiger partial charge in [0.05, 0.1) is 11.2 Å². The zero-order chi connectivity index (χ0) is 9.90. The zero-order valence-electron chi connectivity index (χ0n) is 7.11. The third kappa shape index (κ3) is 2.29. The van der Waals surface area contributed by atoms with Crippen LogP contribution in [-0.2, 0) is 10.0 Å². The Morgan fingerprint density at radius 3 is 2.31 bits per heavy atom. The Balaban J connectivity index is 3.08. The molecule has 1 aromatic rings. The molecule has 0 saturated heterocycles. The van der Waals surface area contributed by atoms with Gasteiger partial charge in [0.15, 0.2) is 0 Å². The average Bonchev–Trinajstić information content (AvgIpc) is 2.05. The van der Waals surface area contributed by atoms with Crippen LogP contribution in [0.3, 0.4) is 0 Å². The van der Waals surface area contributed by atoms with E-state index in [4.69, 9.17) is 5.41 Å². The zero-order valence-corrected chi connectivity index (χ0v) is 7.93. The van der Waals surface area contributed by atoms with E-state index in [1.54, 1.807) is 12.1 Å². The third-order valence-electron chi connectivity index (χ3n) is 1.55. The van der Waals surface area contributed by atoms with Crippen LogP contribution >= 0.6 is 0 Å². The molecule has 0 atom stereocenters. The predicted octanol–water partition coefficient (Wildman–Crippen LogP) is 0.880. The predicted molar refractivity (Wildman–Crippen MR) is 50.3 cm³/mol. The van der Waals surface area contributed by atoms with Crippen molar-refractivity contribution in [2.45, 2.75) is 11.8 Å². The number of benzene rings is 1. The van der Waals surface area contributed by atoms with Crippen LogP contribution in [0.2, 0.25) is 0 Å². The summed E-state index contributed by atoms with van der Waals surface area (Å²) in [5, 5.41) is 6.63. The summed E-state index contributed by atoms with van der Waals surface area (Å²) < 4.78 is 24.5. The van der Waals surface area contributed by atoms with Gasteiger partial charge in [0.2, 0.25) is 0 Å². The summed E-state index contributed by atoms with van der Waals surface area (Å²) in [6.07, 6.45) is 0.648. The van der Waals surface area contributed by atoms with E-state index in [2.05, 4.69) is 0 Å². The van der Waals surface area contributed by atoms with E-state index >= 15 is 0 Å². The Labute approximate surface area is 77.2 Å². The smallest absolute Gasteiger partial charge is 0.262 e. The Bertz CT molecular complexity index is 395. The van der Waals surface area contributed by atoms with E-state index in [0.29, 0.717) is 6.34 Å². The molecule has 0 aliphatic heterocycles. The molecule has 0 unspecified atom stereocenters. The molecule has 13 heavy (non-hydrogen) atoms. The van der Waals surface area contributed by atoms with Crippen molar-refractivity contribution in [2.75, 3.05) is 0 Å². The van der Waals surface area contributed by atoms with Gasteiger partial charge in [-0.25, -0.2) is 8.42 Å². The fourth-order valence-electron chi connectivity index (χ4n) is 0.863. The van der Waals surface area contributed by atoms with Gasteiger partial charge >= 0.3 is 0 Å². The van der Waals surface area contributed by atoms with Crippen molar-refractivity contribution in [1.29, 1.82) is 5.41 Å². The van der Waals surface area contributed by atoms with Gasteiger partial charge in [-0.3, -0.25) is 10.1 Å². The van der Waals surface area contributed by atoms with Gasteiger partial charge in [0.25, 0.3) is 10.0 Å². The lowest BCUT2D eigenvalue weighted by Crippen LogP contribution is -2.21. The first kappa shape index (κ1) is 9.73. The van der Waals surface area contributed by atoms with E-state index < -0.39 is 10.0 Å². The normalized spacial score (nSPS) is 10.8. The highest BCUT2D eigenvalue weighted by atomic mass is 32.2. The standard InChI is InChI=1S/C8H10N2O2S/c1-7-2-4-8(5-3-7)13(11,12)10-6-9/h2-6H,1H3,(H2,9,10). The lowest BCUT2D eigenvalue weighted by atomic mass is 10.2. The fraction of sp³-hybridized carbons (Fsp3) is 0.125. The number of aryl methyl sites for hydroxylation is 1. The van der Waals surface area contributed by atoms with Crippen LogP contribution in [0.5, 0.6) is 0 Å². The van der Waals surface area contributed by atoms with E-state index in [0.717, 1.165) is 5.56 Å². The number of hydrogen-bond acceptors (Lipinski definition) is 3. The largest absolute Gasteiger partial charge is 0.291 e. The maximum atomic E-state index is 11.3. The second-order valence-electron chi connectivity index (χ2n) is 2.58. The Morgan fingerprint density at radius 1 is 1.31 bits per heavy atom. The molecule has 5 heteroatoms. The summed E-state index contributed by atoms with van der Waals surface area (Å²) in [5.41, 5.74) is 0.994. The van der Waals surface area contributed by atoms with Crippen molar-refractivity contribution in [3.63, 3.8) is 0 Å². The van der Waals surface area contributed by atoms with Crippen LogP contribution in [0.4, 0.5) is 0 Å². The molecule has 70 valence electrons. The molecule has 1 rings (SSSR count). The molecule has 0 fully saturated rings. The van der Waals surface area contributed by atoms with Crippen LogP contribution in [0.1, 0.15) is 5.56 Å². The molecule has 0 aliphatic carbocycles. The first-order valence-corrected chi connectivity index (χ1v) is 5.12. The van der Waals surface area contributed by atoms with E-state index in [-0.39, 0.29) is 4.90 Å². The van der Waals surface area contributed by atoms with Crippen molar-refractivity contribution in [1.82, 2.24) is 4.72 Å². The Hall–Kier alpha value is -1.36. The molecule has 0 saturated carbocycles. The lowest BCUT2D eigenvalue weighted by Gasteiger charge is -2.02. The number of hydrogen-bond donors (Lipinski definition) is 2. The first-order chi connectivity index (χ1) is 6.06. The molecule has 0 aromatic heterocycles. The Morgan fingerprint density at radius 2 is 1.85 bits per heavy atom. The minimum Gasteiger partial charge on any atom is -0.291 e. The number of sulfonamides is 1. The van der Waals surface area contributed by atoms with Crippen molar-refractivity contribution < 1.29 is 8.42 Å². The summed E-state index contributed by atoms with van der Waals surface area (Å²) in [5.74, 6) is 0. The third-order valence-corrected chi connectivity index (χ3v) is 2.87. The number of rotatable bonds is 3. The van der Waals surface area contributed by atoms with Gasteiger partial charge in [0, 0.05) is 0 Å². The second-order valence-corrected chi connectivity index (χ2v) is 4.29. The van der Waals surface area contributed by atoms with Gasteiger partial charge in [0.1, 0.15) is 0 Å². The minimum absolute atomic E-state index is 0.168. The minimum atomic E-state index is -3.52. The highest BCUT2D eigenvalue weighted by Gasteiger charge is 2.10. The highest BCUT2D eigenvalue weighted by Crippen LogP contribution is 2.08. The molecular formula is C8H10N2O2S. The van der Waals surface area contributed by atoms with Crippen LogP contribution in [0.25, 0.3) is 0 Å². The lowest BCUT2D eigenvalue weighted by molar-refractivity contribution is 0.593. The molecule has 0 radical (unpaired) electrons. The van der Waals surface area contributed by atoms with Crippen LogP contribution in [0, 0.1) is 12.3 Å². The van der Waals surface area contributed by atoms with Crippen molar-refractivity contribution in [3.8, 4) is 0 Å². The van der Waals surface area contributed by atoms with E-state index in [1.807, 2.05) is 11.6 Å². The van der Waals surface area contributed by atoms with Crippen molar-refractivity contribution in [3.05, 3.63) is 29.8 Å². The van der Waals surface area contributed by atoms with E-state index in [9.17, 15) is 8.42 Å². The van der Waals surface area contributed by atoms with E-state index in [1.165, 1.54) is 12.1 Å². The second kappa shape index (κ2) is 3.57. The van der Waals surface area contributed by atoms with Gasteiger partial charge < -0.3 is 0 Å². The van der Waals surface area contributed by atoms with Crippen LogP contribution in [0.15, 0.2) is 29.2 Å². The summed E-state index contributed by atoms with van der Waals surface area (Å²) in [7, 11) is -3.52. The monoisotopic (exact) mass is 198 g/mol. The van der Waals surface area contributed by atoms with Gasteiger partial charge in [-0.15, -0.1) is 0 Å². The topological polar surface area (TPSA) is 70.0 Å². The van der Waals surface area contributed by atoms with Gasteiger partial charge in [-0.1, -0.05) is 17.7 Å². The maximum absolute atomic E-state index is 11.3. The van der Waals surface area contributed by atoms with Crippen molar-refractivity contribution in [2.24, 2.45) is 0 Å². The number of nitrogens with one attached hydrogen (secondary N) is 2. The molecule has 4 nitrogen and oxygen atoms in total. The van der Waals surface area contributed by atoms with Crippen molar-refractivity contribution >= 4 is 16.4 Å². The molecule has 1 aromatic carbocycles.